The summed E-state index contributed by atoms with van der Waals surface area (Å²) in [7, 11) is 0. The monoisotopic (exact) mass is 270 g/mol. The van der Waals surface area contributed by atoms with Crippen LogP contribution in [0.5, 0.6) is 0 Å². The summed E-state index contributed by atoms with van der Waals surface area (Å²) < 4.78 is 0. The Morgan fingerprint density at radius 2 is 2.00 bits per heavy atom. The zero-order chi connectivity index (χ0) is 15.1. The highest BCUT2D eigenvalue weighted by atomic mass is 16.4. The van der Waals surface area contributed by atoms with Gasteiger partial charge in [0.25, 0.3) is 0 Å². The molecule has 0 aromatic carbocycles. The number of carbonyl (C=O) groups is 2. The molecule has 0 saturated heterocycles. The van der Waals surface area contributed by atoms with Crippen molar-refractivity contribution in [1.82, 2.24) is 10.2 Å². The molecule has 5 nitrogen and oxygen atoms in total. The van der Waals surface area contributed by atoms with E-state index in [1.165, 1.54) is 0 Å². The summed E-state index contributed by atoms with van der Waals surface area (Å²) in [5.41, 5.74) is -0.279. The number of carboxylic acid groups (broad SMARTS) is 1. The third-order valence-electron chi connectivity index (χ3n) is 2.76. The molecule has 0 rings (SSSR count). The van der Waals surface area contributed by atoms with Gasteiger partial charge in [0.05, 0.1) is 0 Å². The average molecular weight is 270 g/mol. The second-order valence-corrected chi connectivity index (χ2v) is 5.71. The van der Waals surface area contributed by atoms with Crippen LogP contribution in [0.2, 0.25) is 0 Å². The average Bonchev–Trinajstić information content (AvgIpc) is 2.23. The summed E-state index contributed by atoms with van der Waals surface area (Å²) >= 11 is 0. The molecule has 19 heavy (non-hydrogen) atoms. The molecular weight excluding hydrogens is 244 g/mol. The molecular formula is C14H26N2O3. The Morgan fingerprint density at radius 3 is 2.42 bits per heavy atom. The van der Waals surface area contributed by atoms with Gasteiger partial charge in [-0.3, -0.25) is 4.79 Å². The molecule has 0 aromatic heterocycles. The highest BCUT2D eigenvalue weighted by Crippen LogP contribution is 2.13. The lowest BCUT2D eigenvalue weighted by atomic mass is 10.1. The van der Waals surface area contributed by atoms with Crippen LogP contribution in [0.3, 0.4) is 0 Å². The molecule has 1 atom stereocenters. The lowest BCUT2D eigenvalue weighted by Gasteiger charge is -2.35. The lowest BCUT2D eigenvalue weighted by Crippen LogP contribution is -2.52. The number of carbonyl (C=O) groups excluding carboxylic acids is 1. The Morgan fingerprint density at radius 1 is 1.42 bits per heavy atom. The Hall–Kier alpha value is -1.52. The molecule has 0 aliphatic carbocycles. The largest absolute Gasteiger partial charge is 0.481 e. The van der Waals surface area contributed by atoms with Gasteiger partial charge in [0, 0.05) is 24.5 Å². The van der Waals surface area contributed by atoms with Gasteiger partial charge in [-0.05, 0) is 40.5 Å². The van der Waals surface area contributed by atoms with Crippen LogP contribution < -0.4 is 5.32 Å². The van der Waals surface area contributed by atoms with Crippen molar-refractivity contribution in [2.24, 2.45) is 0 Å². The van der Waals surface area contributed by atoms with E-state index in [2.05, 4.69) is 11.9 Å². The smallest absolute Gasteiger partial charge is 0.318 e. The van der Waals surface area contributed by atoms with E-state index in [9.17, 15) is 9.59 Å². The topological polar surface area (TPSA) is 69.6 Å². The summed E-state index contributed by atoms with van der Waals surface area (Å²) in [6.45, 7) is 11.9. The Labute approximate surface area is 115 Å². The van der Waals surface area contributed by atoms with Gasteiger partial charge in [-0.15, -0.1) is 6.58 Å². The van der Waals surface area contributed by atoms with Gasteiger partial charge >= 0.3 is 12.0 Å². The van der Waals surface area contributed by atoms with Crippen LogP contribution in [0.4, 0.5) is 4.79 Å². The minimum atomic E-state index is -0.804. The van der Waals surface area contributed by atoms with Crippen LogP contribution in [0.25, 0.3) is 0 Å². The SMILES string of the molecule is C=CCN(C(=O)NC(C)CCCC(=O)O)C(C)(C)C. The maximum Gasteiger partial charge on any atom is 0.318 e. The second-order valence-electron chi connectivity index (χ2n) is 5.71. The third kappa shape index (κ3) is 7.49. The molecule has 110 valence electrons. The first-order valence-electron chi connectivity index (χ1n) is 6.59. The second kappa shape index (κ2) is 7.81. The van der Waals surface area contributed by atoms with Crippen molar-refractivity contribution in [1.29, 1.82) is 0 Å². The van der Waals surface area contributed by atoms with Crippen molar-refractivity contribution in [3.05, 3.63) is 12.7 Å². The molecule has 0 bridgehead atoms. The van der Waals surface area contributed by atoms with Gasteiger partial charge in [0.2, 0.25) is 0 Å². The number of hydrogen-bond acceptors (Lipinski definition) is 2. The molecule has 0 spiro atoms. The molecule has 0 heterocycles. The molecule has 1 unspecified atom stereocenters. The van der Waals surface area contributed by atoms with E-state index in [1.807, 2.05) is 27.7 Å². The molecule has 2 amide bonds. The minimum absolute atomic E-state index is 0.0403. The highest BCUT2D eigenvalue weighted by molar-refractivity contribution is 5.75. The number of urea groups is 1. The molecule has 0 aliphatic heterocycles. The van der Waals surface area contributed by atoms with Crippen LogP contribution in [0, 0.1) is 0 Å². The number of nitrogens with zero attached hydrogens (tertiary/aromatic N) is 1. The summed E-state index contributed by atoms with van der Waals surface area (Å²) in [4.78, 5) is 24.3. The molecule has 2 N–H and O–H groups in total. The minimum Gasteiger partial charge on any atom is -0.481 e. The fourth-order valence-electron chi connectivity index (χ4n) is 1.71. The zero-order valence-corrected chi connectivity index (χ0v) is 12.4. The maximum absolute atomic E-state index is 12.1. The zero-order valence-electron chi connectivity index (χ0n) is 12.4. The van der Waals surface area contributed by atoms with E-state index < -0.39 is 5.97 Å². The van der Waals surface area contributed by atoms with E-state index in [4.69, 9.17) is 5.11 Å². The standard InChI is InChI=1S/C14H26N2O3/c1-6-10-16(14(3,4)5)13(19)15-11(2)8-7-9-12(17)18/h6,11H,1,7-10H2,2-5H3,(H,15,19)(H,17,18). The van der Waals surface area contributed by atoms with Gasteiger partial charge in [0.15, 0.2) is 0 Å². The fraction of sp³-hybridized carbons (Fsp3) is 0.714. The Kier molecular flexibility index (Phi) is 7.19. The Bertz CT molecular complexity index is 321. The number of aliphatic carboxylic acids is 1. The lowest BCUT2D eigenvalue weighted by molar-refractivity contribution is -0.137. The van der Waals surface area contributed by atoms with Crippen LogP contribution in [-0.4, -0.2) is 40.1 Å². The van der Waals surface area contributed by atoms with E-state index in [-0.39, 0.29) is 24.0 Å². The number of nitrogens with one attached hydrogen (secondary N) is 1. The quantitative estimate of drug-likeness (QED) is 0.699. The predicted molar refractivity (Wildman–Crippen MR) is 76.1 cm³/mol. The number of rotatable bonds is 7. The van der Waals surface area contributed by atoms with E-state index in [1.54, 1.807) is 11.0 Å². The summed E-state index contributed by atoms with van der Waals surface area (Å²) in [5.74, 6) is -0.804. The number of hydrogen-bond donors (Lipinski definition) is 2. The van der Waals surface area contributed by atoms with Crippen LogP contribution in [-0.2, 0) is 4.79 Å². The summed E-state index contributed by atoms with van der Waals surface area (Å²) in [5, 5.41) is 11.5. The summed E-state index contributed by atoms with van der Waals surface area (Å²) in [6.07, 6.45) is 3.05. The van der Waals surface area contributed by atoms with Crippen molar-refractivity contribution in [2.45, 2.75) is 58.5 Å². The van der Waals surface area contributed by atoms with Crippen LogP contribution in [0.15, 0.2) is 12.7 Å². The van der Waals surface area contributed by atoms with Crippen molar-refractivity contribution >= 4 is 12.0 Å². The first kappa shape index (κ1) is 17.5. The number of carboxylic acids is 1. The predicted octanol–water partition coefficient (Wildman–Crippen LogP) is 2.63. The first-order chi connectivity index (χ1) is 8.68. The van der Waals surface area contributed by atoms with E-state index in [0.717, 1.165) is 0 Å². The third-order valence-corrected chi connectivity index (χ3v) is 2.76. The van der Waals surface area contributed by atoms with Gasteiger partial charge < -0.3 is 15.3 Å². The molecule has 0 aliphatic rings. The molecule has 5 heteroatoms. The van der Waals surface area contributed by atoms with Gasteiger partial charge in [-0.25, -0.2) is 4.79 Å². The highest BCUT2D eigenvalue weighted by Gasteiger charge is 2.25. The van der Waals surface area contributed by atoms with Crippen LogP contribution >= 0.6 is 0 Å². The summed E-state index contributed by atoms with van der Waals surface area (Å²) in [6, 6.07) is -0.184. The first-order valence-corrected chi connectivity index (χ1v) is 6.59. The van der Waals surface area contributed by atoms with E-state index in [0.29, 0.717) is 19.4 Å². The van der Waals surface area contributed by atoms with Gasteiger partial charge in [-0.2, -0.15) is 0 Å². The van der Waals surface area contributed by atoms with Gasteiger partial charge in [0.1, 0.15) is 0 Å². The maximum atomic E-state index is 12.1. The molecule has 0 aromatic rings. The van der Waals surface area contributed by atoms with E-state index >= 15 is 0 Å². The Balaban J connectivity index is 4.31. The molecule has 0 fully saturated rings. The van der Waals surface area contributed by atoms with Crippen molar-refractivity contribution in [2.75, 3.05) is 6.54 Å². The normalized spacial score (nSPS) is 12.6. The van der Waals surface area contributed by atoms with Gasteiger partial charge in [-0.1, -0.05) is 6.08 Å². The number of amides is 2. The van der Waals surface area contributed by atoms with Crippen molar-refractivity contribution in [3.8, 4) is 0 Å². The fourth-order valence-corrected chi connectivity index (χ4v) is 1.71. The van der Waals surface area contributed by atoms with Crippen molar-refractivity contribution < 1.29 is 14.7 Å². The molecule has 0 saturated carbocycles. The van der Waals surface area contributed by atoms with Crippen molar-refractivity contribution in [3.63, 3.8) is 0 Å². The molecule has 0 radical (unpaired) electrons. The van der Waals surface area contributed by atoms with Crippen LogP contribution in [0.1, 0.15) is 47.0 Å².